The molecule has 0 aromatic carbocycles. The molecule has 1 saturated carbocycles. The molecule has 1 aliphatic rings. The Hall–Kier alpha value is -0.870. The fourth-order valence-corrected chi connectivity index (χ4v) is 2.11. The van der Waals surface area contributed by atoms with Gasteiger partial charge < -0.3 is 10.4 Å². The molecule has 0 aliphatic heterocycles. The van der Waals surface area contributed by atoms with E-state index >= 15 is 0 Å². The normalized spacial score (nSPS) is 24.7. The lowest BCUT2D eigenvalue weighted by molar-refractivity contribution is 0.0430. The average Bonchev–Trinajstić information content (AvgIpc) is 2.63. The lowest BCUT2D eigenvalue weighted by Crippen LogP contribution is -2.35. The number of hydrogen-bond donors (Lipinski definition) is 2. The molecule has 0 spiro atoms. The van der Waals surface area contributed by atoms with Crippen LogP contribution in [0, 0.1) is 5.92 Å². The van der Waals surface area contributed by atoms with Gasteiger partial charge in [0.1, 0.15) is 0 Å². The van der Waals surface area contributed by atoms with Crippen LogP contribution in [0.25, 0.3) is 0 Å². The highest BCUT2D eigenvalue weighted by Crippen LogP contribution is 2.26. The highest BCUT2D eigenvalue weighted by atomic mass is 16.3. The van der Waals surface area contributed by atoms with Crippen molar-refractivity contribution in [2.45, 2.75) is 51.8 Å². The maximum atomic E-state index is 9.19. The Morgan fingerprint density at radius 2 is 2.18 bits per heavy atom. The van der Waals surface area contributed by atoms with Crippen LogP contribution >= 0.6 is 0 Å². The largest absolute Gasteiger partial charge is 0.393 e. The smallest absolute Gasteiger partial charge is 0.0546 e. The summed E-state index contributed by atoms with van der Waals surface area (Å²) in [5.41, 5.74) is 1.27. The molecule has 0 saturated heterocycles. The van der Waals surface area contributed by atoms with Gasteiger partial charge in [0.15, 0.2) is 0 Å². The number of rotatable bonds is 4. The number of aliphatic hydroxyl groups is 1. The van der Waals surface area contributed by atoms with E-state index in [2.05, 4.69) is 37.4 Å². The minimum Gasteiger partial charge on any atom is -0.393 e. The molecule has 0 atom stereocenters. The van der Waals surface area contributed by atoms with Crippen LogP contribution in [-0.2, 0) is 12.1 Å². The second kappa shape index (κ2) is 4.78. The summed E-state index contributed by atoms with van der Waals surface area (Å²) in [6, 6.07) is 0. The van der Waals surface area contributed by atoms with Crippen molar-refractivity contribution < 1.29 is 5.11 Å². The van der Waals surface area contributed by atoms with Crippen molar-refractivity contribution in [1.29, 1.82) is 0 Å². The second-order valence-electron chi connectivity index (χ2n) is 6.09. The molecule has 1 fully saturated rings. The van der Waals surface area contributed by atoms with E-state index < -0.39 is 0 Å². The Kier molecular flexibility index (Phi) is 3.54. The van der Waals surface area contributed by atoms with Gasteiger partial charge >= 0.3 is 0 Å². The van der Waals surface area contributed by atoms with E-state index in [-0.39, 0.29) is 11.6 Å². The van der Waals surface area contributed by atoms with Crippen LogP contribution in [0.15, 0.2) is 12.4 Å². The summed E-state index contributed by atoms with van der Waals surface area (Å²) in [5.74, 6) is 0.655. The van der Waals surface area contributed by atoms with E-state index in [1.54, 1.807) is 0 Å². The molecule has 96 valence electrons. The zero-order valence-corrected chi connectivity index (χ0v) is 11.0. The monoisotopic (exact) mass is 237 g/mol. The van der Waals surface area contributed by atoms with Crippen molar-refractivity contribution in [1.82, 2.24) is 15.1 Å². The highest BCUT2D eigenvalue weighted by molar-refractivity contribution is 5.04. The Morgan fingerprint density at radius 1 is 1.47 bits per heavy atom. The van der Waals surface area contributed by atoms with E-state index in [1.165, 1.54) is 5.56 Å². The molecular weight excluding hydrogens is 214 g/mol. The van der Waals surface area contributed by atoms with Crippen molar-refractivity contribution in [2.75, 3.05) is 6.54 Å². The summed E-state index contributed by atoms with van der Waals surface area (Å²) >= 11 is 0. The first-order valence-corrected chi connectivity index (χ1v) is 6.38. The molecule has 2 rings (SSSR count). The summed E-state index contributed by atoms with van der Waals surface area (Å²) in [6.45, 7) is 8.30. The molecule has 1 heterocycles. The Labute approximate surface area is 103 Å². The number of hydrogen-bond acceptors (Lipinski definition) is 3. The summed E-state index contributed by atoms with van der Waals surface area (Å²) in [7, 11) is 0. The first kappa shape index (κ1) is 12.6. The highest BCUT2D eigenvalue weighted by Gasteiger charge is 2.26. The van der Waals surface area contributed by atoms with E-state index in [9.17, 15) is 5.11 Å². The van der Waals surface area contributed by atoms with Crippen LogP contribution < -0.4 is 5.32 Å². The van der Waals surface area contributed by atoms with Gasteiger partial charge in [-0.3, -0.25) is 4.68 Å². The molecule has 0 unspecified atom stereocenters. The van der Waals surface area contributed by atoms with Crippen molar-refractivity contribution in [3.8, 4) is 0 Å². The lowest BCUT2D eigenvalue weighted by Gasteiger charge is -2.31. The van der Waals surface area contributed by atoms with E-state index in [0.29, 0.717) is 5.92 Å². The molecule has 2 N–H and O–H groups in total. The van der Waals surface area contributed by atoms with Crippen LogP contribution in [0.2, 0.25) is 0 Å². The van der Waals surface area contributed by atoms with Crippen LogP contribution in [0.3, 0.4) is 0 Å². The number of aromatic nitrogens is 2. The quantitative estimate of drug-likeness (QED) is 0.834. The summed E-state index contributed by atoms with van der Waals surface area (Å²) in [5, 5.41) is 17.0. The average molecular weight is 237 g/mol. The molecule has 0 bridgehead atoms. The summed E-state index contributed by atoms with van der Waals surface area (Å²) in [6.07, 6.45) is 5.88. The van der Waals surface area contributed by atoms with Gasteiger partial charge in [-0.1, -0.05) is 0 Å². The minimum absolute atomic E-state index is 0.0505. The van der Waals surface area contributed by atoms with Gasteiger partial charge in [-0.25, -0.2) is 0 Å². The van der Waals surface area contributed by atoms with Crippen molar-refractivity contribution in [2.24, 2.45) is 5.92 Å². The summed E-state index contributed by atoms with van der Waals surface area (Å²) in [4.78, 5) is 0. The van der Waals surface area contributed by atoms with E-state index in [4.69, 9.17) is 0 Å². The van der Waals surface area contributed by atoms with Gasteiger partial charge in [0.05, 0.1) is 17.8 Å². The fraction of sp³-hybridized carbons (Fsp3) is 0.769. The number of nitrogens with zero attached hydrogens (tertiary/aromatic N) is 2. The zero-order chi connectivity index (χ0) is 12.5. The molecule has 0 radical (unpaired) electrons. The third-order valence-electron chi connectivity index (χ3n) is 3.30. The molecule has 4 heteroatoms. The zero-order valence-electron chi connectivity index (χ0n) is 11.0. The molecule has 1 aromatic heterocycles. The second-order valence-corrected chi connectivity index (χ2v) is 6.09. The predicted molar refractivity (Wildman–Crippen MR) is 67.7 cm³/mol. The number of nitrogens with one attached hydrogen (secondary N) is 1. The Morgan fingerprint density at radius 3 is 2.71 bits per heavy atom. The van der Waals surface area contributed by atoms with Crippen molar-refractivity contribution >= 4 is 0 Å². The van der Waals surface area contributed by atoms with Crippen LogP contribution in [0.1, 0.15) is 39.2 Å². The van der Waals surface area contributed by atoms with Crippen LogP contribution in [-0.4, -0.2) is 27.5 Å². The third kappa shape index (κ3) is 3.30. The molecule has 0 amide bonds. The fourth-order valence-electron chi connectivity index (χ4n) is 2.11. The van der Waals surface area contributed by atoms with Gasteiger partial charge in [-0.05, 0) is 46.1 Å². The first-order valence-electron chi connectivity index (χ1n) is 6.38. The van der Waals surface area contributed by atoms with Gasteiger partial charge in [0, 0.05) is 18.3 Å². The van der Waals surface area contributed by atoms with Crippen molar-refractivity contribution in [3.05, 3.63) is 18.0 Å². The van der Waals surface area contributed by atoms with E-state index in [1.807, 2.05) is 10.9 Å². The molecule has 17 heavy (non-hydrogen) atoms. The molecule has 1 aromatic rings. The van der Waals surface area contributed by atoms with Gasteiger partial charge in [-0.15, -0.1) is 0 Å². The maximum absolute atomic E-state index is 9.19. The molecule has 1 aliphatic carbocycles. The van der Waals surface area contributed by atoms with Crippen LogP contribution in [0.5, 0.6) is 0 Å². The lowest BCUT2D eigenvalue weighted by atomic mass is 9.82. The van der Waals surface area contributed by atoms with Crippen molar-refractivity contribution in [3.63, 3.8) is 0 Å². The standard InChI is InChI=1S/C13H23N3O/c1-13(2,3)16-9-11(8-15-16)7-14-6-10-4-12(17)5-10/h8-10,12,14,17H,4-7H2,1-3H3. The van der Waals surface area contributed by atoms with Gasteiger partial charge in [-0.2, -0.15) is 5.10 Å². The topological polar surface area (TPSA) is 50.1 Å². The van der Waals surface area contributed by atoms with Crippen LogP contribution in [0.4, 0.5) is 0 Å². The van der Waals surface area contributed by atoms with Gasteiger partial charge in [0.2, 0.25) is 0 Å². The third-order valence-corrected chi connectivity index (χ3v) is 3.30. The Bertz CT molecular complexity index is 361. The molecule has 4 nitrogen and oxygen atoms in total. The number of aliphatic hydroxyl groups excluding tert-OH is 1. The SMILES string of the molecule is CC(C)(C)n1cc(CNCC2CC(O)C2)cn1. The predicted octanol–water partition coefficient (Wildman–Crippen LogP) is 1.50. The van der Waals surface area contributed by atoms with Gasteiger partial charge in [0.25, 0.3) is 0 Å². The maximum Gasteiger partial charge on any atom is 0.0546 e. The first-order chi connectivity index (χ1) is 7.95. The Balaban J connectivity index is 1.74. The van der Waals surface area contributed by atoms with E-state index in [0.717, 1.165) is 25.9 Å². The molecular formula is C13H23N3O. The summed E-state index contributed by atoms with van der Waals surface area (Å²) < 4.78 is 2.00. The minimum atomic E-state index is -0.0505.